The van der Waals surface area contributed by atoms with Crippen LogP contribution in [0.25, 0.3) is 0 Å². The van der Waals surface area contributed by atoms with Crippen molar-refractivity contribution in [3.8, 4) is 0 Å². The Hall–Kier alpha value is -0.870. The lowest BCUT2D eigenvalue weighted by Gasteiger charge is -2.27. The summed E-state index contributed by atoms with van der Waals surface area (Å²) < 4.78 is 12.1. The number of carboxylic acid groups (broad SMARTS) is 1. The van der Waals surface area contributed by atoms with Crippen LogP contribution in [0.5, 0.6) is 0 Å². The van der Waals surface area contributed by atoms with Crippen LogP contribution >= 0.6 is 0 Å². The lowest BCUT2D eigenvalue weighted by Crippen LogP contribution is -2.30. The summed E-state index contributed by atoms with van der Waals surface area (Å²) in [5, 5.41) is 8.64. The fourth-order valence-electron chi connectivity index (χ4n) is 4.02. The second-order valence-electron chi connectivity index (χ2n) is 7.25. The zero-order valence-electron chi connectivity index (χ0n) is 15.1. The Balaban J connectivity index is 1.65. The van der Waals surface area contributed by atoms with Gasteiger partial charge in [-0.05, 0) is 44.4 Å². The van der Waals surface area contributed by atoms with E-state index in [2.05, 4.69) is 19.1 Å². The maximum absolute atomic E-state index is 10.5. The molecule has 24 heavy (non-hydrogen) atoms. The van der Waals surface area contributed by atoms with Gasteiger partial charge in [-0.3, -0.25) is 4.79 Å². The monoisotopic (exact) mass is 338 g/mol. The van der Waals surface area contributed by atoms with Crippen molar-refractivity contribution in [3.05, 3.63) is 12.2 Å². The maximum atomic E-state index is 10.5. The molecule has 2 unspecified atom stereocenters. The van der Waals surface area contributed by atoms with Crippen molar-refractivity contribution in [2.75, 3.05) is 13.2 Å². The van der Waals surface area contributed by atoms with Gasteiger partial charge in [-0.15, -0.1) is 0 Å². The molecular formula is C20H34O4. The van der Waals surface area contributed by atoms with E-state index in [4.69, 9.17) is 14.6 Å². The van der Waals surface area contributed by atoms with Gasteiger partial charge in [0.2, 0.25) is 0 Å². The molecule has 0 spiro atoms. The van der Waals surface area contributed by atoms with Crippen molar-refractivity contribution in [1.29, 1.82) is 0 Å². The maximum Gasteiger partial charge on any atom is 0.303 e. The second kappa shape index (κ2) is 10.9. The Morgan fingerprint density at radius 2 is 1.92 bits per heavy atom. The Kier molecular flexibility index (Phi) is 8.82. The number of carboxylic acids is 1. The molecule has 0 aromatic rings. The van der Waals surface area contributed by atoms with E-state index in [0.717, 1.165) is 32.5 Å². The van der Waals surface area contributed by atoms with Gasteiger partial charge in [0.25, 0.3) is 0 Å². The predicted molar refractivity (Wildman–Crippen MR) is 95.1 cm³/mol. The molecule has 0 aromatic carbocycles. The number of allylic oxidation sites excluding steroid dienone is 2. The third-order valence-corrected chi connectivity index (χ3v) is 5.38. The van der Waals surface area contributed by atoms with Crippen molar-refractivity contribution in [3.63, 3.8) is 0 Å². The third kappa shape index (κ3) is 6.21. The second-order valence-corrected chi connectivity index (χ2v) is 7.25. The SMILES string of the molecule is CCCCCCOC[C@H]1C2CCC(O2)[C@@H]1C/C=C\CCCC(=O)O. The number of hydrogen-bond acceptors (Lipinski definition) is 3. The molecule has 2 aliphatic rings. The quantitative estimate of drug-likeness (QED) is 0.394. The first-order valence-electron chi connectivity index (χ1n) is 9.82. The molecule has 2 fully saturated rings. The van der Waals surface area contributed by atoms with E-state index in [-0.39, 0.29) is 6.42 Å². The summed E-state index contributed by atoms with van der Waals surface area (Å²) in [7, 11) is 0. The molecule has 0 amide bonds. The summed E-state index contributed by atoms with van der Waals surface area (Å²) in [4.78, 5) is 10.5. The minimum absolute atomic E-state index is 0.260. The molecule has 0 saturated carbocycles. The van der Waals surface area contributed by atoms with Gasteiger partial charge >= 0.3 is 5.97 Å². The summed E-state index contributed by atoms with van der Waals surface area (Å²) in [6.45, 7) is 3.95. The van der Waals surface area contributed by atoms with Gasteiger partial charge in [0.15, 0.2) is 0 Å². The summed E-state index contributed by atoms with van der Waals surface area (Å²) in [6, 6.07) is 0. The summed E-state index contributed by atoms with van der Waals surface area (Å²) in [6.07, 6.45) is 15.4. The average Bonchev–Trinajstić information content (AvgIpc) is 3.15. The van der Waals surface area contributed by atoms with E-state index in [9.17, 15) is 4.79 Å². The van der Waals surface area contributed by atoms with Crippen LogP contribution in [-0.4, -0.2) is 36.5 Å². The van der Waals surface area contributed by atoms with Gasteiger partial charge in [0, 0.05) is 18.9 Å². The summed E-state index contributed by atoms with van der Waals surface area (Å²) in [5.41, 5.74) is 0. The van der Waals surface area contributed by atoms with Crippen molar-refractivity contribution in [1.82, 2.24) is 0 Å². The Labute approximate surface area is 146 Å². The zero-order valence-corrected chi connectivity index (χ0v) is 15.1. The topological polar surface area (TPSA) is 55.8 Å². The highest BCUT2D eigenvalue weighted by molar-refractivity contribution is 5.66. The van der Waals surface area contributed by atoms with Crippen molar-refractivity contribution in [2.24, 2.45) is 11.8 Å². The average molecular weight is 338 g/mol. The standard InChI is InChI=1S/C20H34O4/c1-2-3-4-9-14-23-15-17-16(18-12-13-19(17)24-18)10-7-5-6-8-11-20(21)22/h5,7,16-19H,2-4,6,8-15H2,1H3,(H,21,22)/b7-5-/t16-,17-,18?,19?/m1/s1. The largest absolute Gasteiger partial charge is 0.481 e. The molecule has 4 nitrogen and oxygen atoms in total. The summed E-state index contributed by atoms with van der Waals surface area (Å²) in [5.74, 6) is 0.412. The van der Waals surface area contributed by atoms with E-state index in [1.165, 1.54) is 38.5 Å². The third-order valence-electron chi connectivity index (χ3n) is 5.38. The van der Waals surface area contributed by atoms with Gasteiger partial charge < -0.3 is 14.6 Å². The molecule has 2 saturated heterocycles. The Morgan fingerprint density at radius 3 is 2.67 bits per heavy atom. The van der Waals surface area contributed by atoms with E-state index in [1.807, 2.05) is 0 Å². The molecule has 0 radical (unpaired) electrons. The first kappa shape index (κ1) is 19.5. The number of rotatable bonds is 13. The Morgan fingerprint density at radius 1 is 1.12 bits per heavy atom. The number of carbonyl (C=O) groups is 1. The van der Waals surface area contributed by atoms with Crippen LogP contribution < -0.4 is 0 Å². The van der Waals surface area contributed by atoms with Gasteiger partial charge in [-0.2, -0.15) is 0 Å². The van der Waals surface area contributed by atoms with Crippen LogP contribution in [0.4, 0.5) is 0 Å². The zero-order chi connectivity index (χ0) is 17.2. The van der Waals surface area contributed by atoms with Crippen molar-refractivity contribution < 1.29 is 19.4 Å². The molecule has 4 heteroatoms. The normalized spacial score (nSPS) is 28.9. The van der Waals surface area contributed by atoms with Crippen LogP contribution in [0.1, 0.15) is 71.1 Å². The van der Waals surface area contributed by atoms with Gasteiger partial charge in [0.1, 0.15) is 0 Å². The predicted octanol–water partition coefficient (Wildman–Crippen LogP) is 4.58. The van der Waals surface area contributed by atoms with Gasteiger partial charge in [-0.25, -0.2) is 0 Å². The molecule has 2 bridgehead atoms. The highest BCUT2D eigenvalue weighted by atomic mass is 16.5. The highest BCUT2D eigenvalue weighted by Crippen LogP contribution is 2.45. The molecule has 2 aliphatic heterocycles. The van der Waals surface area contributed by atoms with Gasteiger partial charge in [-0.1, -0.05) is 38.3 Å². The molecule has 2 heterocycles. The van der Waals surface area contributed by atoms with Crippen molar-refractivity contribution in [2.45, 2.75) is 83.3 Å². The lowest BCUT2D eigenvalue weighted by atomic mass is 9.78. The van der Waals surface area contributed by atoms with Crippen LogP contribution in [0.15, 0.2) is 12.2 Å². The van der Waals surface area contributed by atoms with Crippen LogP contribution in [-0.2, 0) is 14.3 Å². The Bertz CT molecular complexity index is 393. The van der Waals surface area contributed by atoms with E-state index in [1.54, 1.807) is 0 Å². The van der Waals surface area contributed by atoms with E-state index in [0.29, 0.717) is 24.0 Å². The van der Waals surface area contributed by atoms with Crippen LogP contribution in [0.2, 0.25) is 0 Å². The van der Waals surface area contributed by atoms with E-state index < -0.39 is 5.97 Å². The van der Waals surface area contributed by atoms with E-state index >= 15 is 0 Å². The molecule has 138 valence electrons. The van der Waals surface area contributed by atoms with Crippen LogP contribution in [0, 0.1) is 11.8 Å². The number of unbranched alkanes of at least 4 members (excludes halogenated alkanes) is 4. The van der Waals surface area contributed by atoms with Crippen LogP contribution in [0.3, 0.4) is 0 Å². The minimum Gasteiger partial charge on any atom is -0.481 e. The minimum atomic E-state index is -0.707. The molecular weight excluding hydrogens is 304 g/mol. The first-order chi connectivity index (χ1) is 11.7. The molecule has 4 atom stereocenters. The van der Waals surface area contributed by atoms with Gasteiger partial charge in [0.05, 0.1) is 18.8 Å². The molecule has 2 rings (SSSR count). The fraction of sp³-hybridized carbons (Fsp3) is 0.850. The number of ether oxygens (including phenoxy) is 2. The molecule has 0 aliphatic carbocycles. The first-order valence-corrected chi connectivity index (χ1v) is 9.82. The number of aliphatic carboxylic acids is 1. The fourth-order valence-corrected chi connectivity index (χ4v) is 4.02. The number of fused-ring (bicyclic) bond motifs is 2. The summed E-state index contributed by atoms with van der Waals surface area (Å²) >= 11 is 0. The molecule has 0 aromatic heterocycles. The smallest absolute Gasteiger partial charge is 0.303 e. The van der Waals surface area contributed by atoms with Crippen molar-refractivity contribution >= 4 is 5.97 Å². The number of hydrogen-bond donors (Lipinski definition) is 1. The molecule has 1 N–H and O–H groups in total. The lowest BCUT2D eigenvalue weighted by molar-refractivity contribution is -0.137. The highest BCUT2D eigenvalue weighted by Gasteiger charge is 2.48.